The Morgan fingerprint density at radius 2 is 2.37 bits per heavy atom. The lowest BCUT2D eigenvalue weighted by Gasteiger charge is -2.27. The highest BCUT2D eigenvalue weighted by molar-refractivity contribution is 5.94. The van der Waals surface area contributed by atoms with E-state index in [-0.39, 0.29) is 5.91 Å². The van der Waals surface area contributed by atoms with Gasteiger partial charge in [-0.1, -0.05) is 0 Å². The first-order valence-electron chi connectivity index (χ1n) is 6.26. The Hall–Kier alpha value is -2.21. The number of hydrogen-bond acceptors (Lipinski definition) is 4. The molecule has 0 radical (unpaired) electrons. The summed E-state index contributed by atoms with van der Waals surface area (Å²) in [5.74, 6) is 1.19. The van der Waals surface area contributed by atoms with Crippen LogP contribution in [0.1, 0.15) is 10.4 Å². The Labute approximate surface area is 110 Å². The summed E-state index contributed by atoms with van der Waals surface area (Å²) in [6, 6.07) is 3.48. The number of imidazole rings is 1. The fourth-order valence-corrected chi connectivity index (χ4v) is 1.93. The smallest absolute Gasteiger partial charge is 0.251 e. The molecule has 3 heterocycles. The van der Waals surface area contributed by atoms with Crippen LogP contribution in [0.4, 0.5) is 0 Å². The van der Waals surface area contributed by atoms with E-state index in [0.717, 1.165) is 13.1 Å². The van der Waals surface area contributed by atoms with E-state index < -0.39 is 0 Å². The molecular formula is C13H15N5O. The number of nitrogens with one attached hydrogen (secondary N) is 2. The molecule has 19 heavy (non-hydrogen) atoms. The lowest BCUT2D eigenvalue weighted by Crippen LogP contribution is -2.48. The second kappa shape index (κ2) is 5.19. The van der Waals surface area contributed by atoms with Gasteiger partial charge >= 0.3 is 0 Å². The average molecular weight is 257 g/mol. The lowest BCUT2D eigenvalue weighted by atomic mass is 10.0. The minimum Gasteiger partial charge on any atom is -0.352 e. The summed E-state index contributed by atoms with van der Waals surface area (Å²) in [5, 5.41) is 6.12. The normalized spacial score (nSPS) is 14.9. The summed E-state index contributed by atoms with van der Waals surface area (Å²) in [7, 11) is 0. The molecule has 2 aromatic heterocycles. The second-order valence-electron chi connectivity index (χ2n) is 4.61. The molecule has 0 atom stereocenters. The van der Waals surface area contributed by atoms with Gasteiger partial charge in [0.15, 0.2) is 0 Å². The van der Waals surface area contributed by atoms with Crippen LogP contribution in [-0.2, 0) is 0 Å². The summed E-state index contributed by atoms with van der Waals surface area (Å²) in [6.45, 7) is 2.68. The number of rotatable bonds is 4. The third-order valence-electron chi connectivity index (χ3n) is 3.19. The highest BCUT2D eigenvalue weighted by Crippen LogP contribution is 2.07. The van der Waals surface area contributed by atoms with Crippen molar-refractivity contribution < 1.29 is 4.79 Å². The van der Waals surface area contributed by atoms with Crippen LogP contribution in [0.2, 0.25) is 0 Å². The van der Waals surface area contributed by atoms with Gasteiger partial charge in [-0.05, 0) is 12.1 Å². The van der Waals surface area contributed by atoms with Crippen LogP contribution >= 0.6 is 0 Å². The van der Waals surface area contributed by atoms with E-state index in [2.05, 4.69) is 20.6 Å². The van der Waals surface area contributed by atoms with Crippen LogP contribution < -0.4 is 10.6 Å². The van der Waals surface area contributed by atoms with Crippen LogP contribution in [0.15, 0.2) is 37.1 Å². The number of nitrogens with zero attached hydrogens (tertiary/aromatic N) is 3. The summed E-state index contributed by atoms with van der Waals surface area (Å²) in [6.07, 6.45) is 6.77. The van der Waals surface area contributed by atoms with Gasteiger partial charge in [0.05, 0.1) is 0 Å². The van der Waals surface area contributed by atoms with E-state index in [1.165, 1.54) is 0 Å². The highest BCUT2D eigenvalue weighted by atomic mass is 16.1. The molecular weight excluding hydrogens is 242 g/mol. The second-order valence-corrected chi connectivity index (χ2v) is 4.61. The molecule has 1 fully saturated rings. The standard InChI is InChI=1S/C13H15N5O/c19-13(17-8-10-6-15-7-10)11-1-2-16-12(5-11)18-4-3-14-9-18/h1-5,9-10,15H,6-8H2,(H,17,19). The molecule has 1 saturated heterocycles. The zero-order valence-electron chi connectivity index (χ0n) is 10.4. The molecule has 0 saturated carbocycles. The minimum atomic E-state index is -0.0596. The van der Waals surface area contributed by atoms with Crippen molar-refractivity contribution in [1.29, 1.82) is 0 Å². The molecule has 1 aliphatic heterocycles. The maximum absolute atomic E-state index is 12.0. The number of amides is 1. The SMILES string of the molecule is O=C(NCC1CNC1)c1ccnc(-n2ccnc2)c1. The van der Waals surface area contributed by atoms with Gasteiger partial charge in [-0.2, -0.15) is 0 Å². The molecule has 0 bridgehead atoms. The maximum Gasteiger partial charge on any atom is 0.251 e. The van der Waals surface area contributed by atoms with Crippen LogP contribution in [0.25, 0.3) is 5.82 Å². The molecule has 3 rings (SSSR count). The Bertz CT molecular complexity index is 562. The predicted octanol–water partition coefficient (Wildman–Crippen LogP) is 0.216. The van der Waals surface area contributed by atoms with Crippen molar-refractivity contribution in [3.63, 3.8) is 0 Å². The number of carbonyl (C=O) groups is 1. The summed E-state index contributed by atoms with van der Waals surface area (Å²) < 4.78 is 1.77. The average Bonchev–Trinajstić information content (AvgIpc) is 2.91. The summed E-state index contributed by atoms with van der Waals surface area (Å²) >= 11 is 0. The Kier molecular flexibility index (Phi) is 3.24. The van der Waals surface area contributed by atoms with Crippen LogP contribution in [0, 0.1) is 5.92 Å². The van der Waals surface area contributed by atoms with Gasteiger partial charge in [0, 0.05) is 49.7 Å². The number of hydrogen-bond donors (Lipinski definition) is 2. The van der Waals surface area contributed by atoms with Crippen LogP contribution in [0.5, 0.6) is 0 Å². The van der Waals surface area contributed by atoms with Gasteiger partial charge in [-0.25, -0.2) is 9.97 Å². The fraction of sp³-hybridized carbons (Fsp3) is 0.308. The first-order valence-corrected chi connectivity index (χ1v) is 6.26. The van der Waals surface area contributed by atoms with E-state index >= 15 is 0 Å². The van der Waals surface area contributed by atoms with E-state index in [0.29, 0.717) is 23.8 Å². The van der Waals surface area contributed by atoms with Gasteiger partial charge < -0.3 is 10.6 Å². The number of pyridine rings is 1. The molecule has 0 aliphatic carbocycles. The molecule has 0 unspecified atom stereocenters. The molecule has 2 aromatic rings. The molecule has 0 aromatic carbocycles. The van der Waals surface area contributed by atoms with Crippen molar-refractivity contribution in [3.05, 3.63) is 42.6 Å². The monoisotopic (exact) mass is 257 g/mol. The van der Waals surface area contributed by atoms with Crippen molar-refractivity contribution >= 4 is 5.91 Å². The molecule has 1 aliphatic rings. The van der Waals surface area contributed by atoms with Crippen molar-refractivity contribution in [2.24, 2.45) is 5.92 Å². The number of aromatic nitrogens is 3. The minimum absolute atomic E-state index is 0.0596. The predicted molar refractivity (Wildman–Crippen MR) is 70.1 cm³/mol. The van der Waals surface area contributed by atoms with E-state index in [1.807, 2.05) is 0 Å². The van der Waals surface area contributed by atoms with Gasteiger partial charge in [0.25, 0.3) is 5.91 Å². The molecule has 98 valence electrons. The van der Waals surface area contributed by atoms with Gasteiger partial charge in [-0.15, -0.1) is 0 Å². The lowest BCUT2D eigenvalue weighted by molar-refractivity contribution is 0.0942. The third-order valence-corrected chi connectivity index (χ3v) is 3.19. The molecule has 0 spiro atoms. The van der Waals surface area contributed by atoms with E-state index in [1.54, 1.807) is 41.6 Å². The largest absolute Gasteiger partial charge is 0.352 e. The zero-order chi connectivity index (χ0) is 13.1. The van der Waals surface area contributed by atoms with Gasteiger partial charge in [-0.3, -0.25) is 9.36 Å². The van der Waals surface area contributed by atoms with Gasteiger partial charge in [0.1, 0.15) is 12.1 Å². The highest BCUT2D eigenvalue weighted by Gasteiger charge is 2.17. The zero-order valence-corrected chi connectivity index (χ0v) is 10.4. The number of carbonyl (C=O) groups excluding carboxylic acids is 1. The molecule has 6 nitrogen and oxygen atoms in total. The van der Waals surface area contributed by atoms with E-state index in [4.69, 9.17) is 0 Å². The van der Waals surface area contributed by atoms with Gasteiger partial charge in [0.2, 0.25) is 0 Å². The Morgan fingerprint density at radius 1 is 1.47 bits per heavy atom. The van der Waals surface area contributed by atoms with Crippen molar-refractivity contribution in [1.82, 2.24) is 25.2 Å². The molecule has 1 amide bonds. The first-order chi connectivity index (χ1) is 9.33. The van der Waals surface area contributed by atoms with Crippen molar-refractivity contribution in [2.75, 3.05) is 19.6 Å². The first kappa shape index (κ1) is 11.9. The topological polar surface area (TPSA) is 71.8 Å². The quantitative estimate of drug-likeness (QED) is 0.821. The van der Waals surface area contributed by atoms with Crippen molar-refractivity contribution in [3.8, 4) is 5.82 Å². The summed E-state index contributed by atoms with van der Waals surface area (Å²) in [5.41, 5.74) is 0.617. The maximum atomic E-state index is 12.0. The van der Waals surface area contributed by atoms with E-state index in [9.17, 15) is 4.79 Å². The molecule has 6 heteroatoms. The third kappa shape index (κ3) is 2.63. The summed E-state index contributed by atoms with van der Waals surface area (Å²) in [4.78, 5) is 20.2. The van der Waals surface area contributed by atoms with Crippen LogP contribution in [0.3, 0.4) is 0 Å². The van der Waals surface area contributed by atoms with Crippen molar-refractivity contribution in [2.45, 2.75) is 0 Å². The van der Waals surface area contributed by atoms with Crippen LogP contribution in [-0.4, -0.2) is 40.1 Å². The Balaban J connectivity index is 1.69. The fourth-order valence-electron chi connectivity index (χ4n) is 1.93. The molecule has 2 N–H and O–H groups in total. The Morgan fingerprint density at radius 3 is 3.05 bits per heavy atom.